The lowest BCUT2D eigenvalue weighted by Gasteiger charge is -2.43. The number of carbonyl (C=O) groups excluding carboxylic acids is 1. The maximum absolute atomic E-state index is 13.7. The van der Waals surface area contributed by atoms with Crippen LogP contribution in [0.3, 0.4) is 0 Å². The van der Waals surface area contributed by atoms with E-state index < -0.39 is 39.6 Å². The van der Waals surface area contributed by atoms with Gasteiger partial charge in [-0.3, -0.25) is 4.79 Å². The first-order chi connectivity index (χ1) is 14.3. The van der Waals surface area contributed by atoms with Crippen LogP contribution in [-0.4, -0.2) is 38.0 Å². The van der Waals surface area contributed by atoms with Crippen LogP contribution in [0.25, 0.3) is 0 Å². The molecule has 2 aliphatic carbocycles. The molecule has 0 aromatic carbocycles. The molecule has 0 aromatic heterocycles. The van der Waals surface area contributed by atoms with Crippen LogP contribution >= 0.6 is 23.2 Å². The lowest BCUT2D eigenvalue weighted by Crippen LogP contribution is -2.60. The lowest BCUT2D eigenvalue weighted by atomic mass is 9.67. The molecule has 0 amide bonds. The van der Waals surface area contributed by atoms with Gasteiger partial charge in [-0.25, -0.2) is 0 Å². The normalized spacial score (nSPS) is 32.3. The van der Waals surface area contributed by atoms with Crippen molar-refractivity contribution in [3.63, 3.8) is 0 Å². The monoisotopic (exact) mass is 454 g/mol. The molecule has 2 aliphatic rings. The second-order valence-corrected chi connectivity index (χ2v) is 9.66. The van der Waals surface area contributed by atoms with Crippen LogP contribution in [0.5, 0.6) is 0 Å². The molecular formula is C25H36Cl2O3. The summed E-state index contributed by atoms with van der Waals surface area (Å²) < 4.78 is 0. The summed E-state index contributed by atoms with van der Waals surface area (Å²) >= 11 is 13.3. The van der Waals surface area contributed by atoms with Gasteiger partial charge in [0, 0.05) is 22.6 Å². The summed E-state index contributed by atoms with van der Waals surface area (Å²) in [4.78, 5) is 13.7. The van der Waals surface area contributed by atoms with Crippen LogP contribution in [0.2, 0.25) is 0 Å². The number of hydrogen-bond donors (Lipinski definition) is 2. The third-order valence-corrected chi connectivity index (χ3v) is 7.23. The number of aliphatic hydroxyl groups is 2. The van der Waals surface area contributed by atoms with Gasteiger partial charge in [0.15, 0.2) is 11.2 Å². The molecule has 0 spiro atoms. The van der Waals surface area contributed by atoms with Gasteiger partial charge in [0.2, 0.25) is 5.78 Å². The maximum Gasteiger partial charge on any atom is 0.204 e. The molecule has 2 rings (SSSR count). The van der Waals surface area contributed by atoms with Crippen molar-refractivity contribution in [1.82, 2.24) is 0 Å². The van der Waals surface area contributed by atoms with Crippen molar-refractivity contribution in [2.75, 3.05) is 0 Å². The number of ketones is 1. The van der Waals surface area contributed by atoms with E-state index in [0.29, 0.717) is 12.8 Å². The number of Topliss-reactive ketones (excluding diaryl/α,β-unsaturated/α-hetero) is 1. The van der Waals surface area contributed by atoms with Crippen molar-refractivity contribution < 1.29 is 15.0 Å². The lowest BCUT2D eigenvalue weighted by molar-refractivity contribution is -0.154. The van der Waals surface area contributed by atoms with Crippen LogP contribution in [0.4, 0.5) is 0 Å². The van der Waals surface area contributed by atoms with Crippen molar-refractivity contribution in [2.24, 2.45) is 11.8 Å². The Kier molecular flexibility index (Phi) is 9.87. The Labute approximate surface area is 191 Å². The van der Waals surface area contributed by atoms with E-state index in [0.717, 1.165) is 38.5 Å². The standard InChI is InChI=1S/C25H36Cl2O3/c1-3-5-7-15-21(26)19-13-9-11-17-24(19,29)23(28)25(30)18-12-10-14-20(25)22(27)16-8-6-4-2/h9-14,17-22,29-30H,3-8,15-16H2,1-2H3. The minimum atomic E-state index is -1.88. The Hall–Kier alpha value is -0.870. The fraction of sp³-hybridized carbons (Fsp3) is 0.640. The third-order valence-electron chi connectivity index (χ3n) is 6.25. The van der Waals surface area contributed by atoms with E-state index in [1.54, 1.807) is 36.5 Å². The molecule has 5 heteroatoms. The first-order valence-electron chi connectivity index (χ1n) is 11.3. The molecule has 0 heterocycles. The van der Waals surface area contributed by atoms with Gasteiger partial charge in [0.1, 0.15) is 0 Å². The Bertz CT molecular complexity index is 628. The highest BCUT2D eigenvalue weighted by atomic mass is 35.5. The average molecular weight is 455 g/mol. The summed E-state index contributed by atoms with van der Waals surface area (Å²) in [5.74, 6) is -1.87. The molecule has 0 saturated carbocycles. The zero-order valence-electron chi connectivity index (χ0n) is 18.1. The largest absolute Gasteiger partial charge is 0.377 e. The van der Waals surface area contributed by atoms with Crippen LogP contribution < -0.4 is 0 Å². The number of hydrogen-bond acceptors (Lipinski definition) is 3. The molecule has 0 bridgehead atoms. The Morgan fingerprint density at radius 1 is 0.800 bits per heavy atom. The van der Waals surface area contributed by atoms with E-state index in [1.807, 2.05) is 0 Å². The number of rotatable bonds is 12. The van der Waals surface area contributed by atoms with Gasteiger partial charge < -0.3 is 10.2 Å². The van der Waals surface area contributed by atoms with Gasteiger partial charge in [-0.05, 0) is 25.0 Å². The van der Waals surface area contributed by atoms with Gasteiger partial charge in [0.05, 0.1) is 0 Å². The fourth-order valence-corrected chi connectivity index (χ4v) is 5.25. The van der Waals surface area contributed by atoms with E-state index in [-0.39, 0.29) is 0 Å². The molecule has 168 valence electrons. The molecule has 0 aromatic rings. The van der Waals surface area contributed by atoms with Gasteiger partial charge in [-0.15, -0.1) is 23.2 Å². The third kappa shape index (κ3) is 5.68. The summed E-state index contributed by atoms with van der Waals surface area (Å²) in [5, 5.41) is 22.2. The molecule has 0 radical (unpaired) electrons. The number of carbonyl (C=O) groups is 1. The zero-order valence-corrected chi connectivity index (χ0v) is 19.7. The van der Waals surface area contributed by atoms with Crippen molar-refractivity contribution in [2.45, 2.75) is 87.2 Å². The van der Waals surface area contributed by atoms with Gasteiger partial charge >= 0.3 is 0 Å². The number of allylic oxidation sites excluding steroid dienone is 4. The number of unbranched alkanes of at least 4 members (excludes halogenated alkanes) is 4. The van der Waals surface area contributed by atoms with Crippen LogP contribution in [0, 0.1) is 11.8 Å². The molecule has 0 aliphatic heterocycles. The predicted molar refractivity (Wildman–Crippen MR) is 126 cm³/mol. The van der Waals surface area contributed by atoms with E-state index in [2.05, 4.69) is 13.8 Å². The molecular weight excluding hydrogens is 419 g/mol. The molecule has 2 N–H and O–H groups in total. The highest BCUT2D eigenvalue weighted by Crippen LogP contribution is 2.41. The summed E-state index contributed by atoms with van der Waals surface area (Å²) in [5.41, 5.74) is -3.76. The smallest absolute Gasteiger partial charge is 0.204 e. The summed E-state index contributed by atoms with van der Waals surface area (Å²) in [7, 11) is 0. The first kappa shape index (κ1) is 25.4. The van der Waals surface area contributed by atoms with Crippen molar-refractivity contribution in [3.05, 3.63) is 48.6 Å². The molecule has 6 atom stereocenters. The SMILES string of the molecule is CCCCCC(Cl)C1C=CC=CC1(O)C(=O)C1(O)C=CC=CC1C(Cl)CCCCC. The minimum Gasteiger partial charge on any atom is -0.377 e. The quantitative estimate of drug-likeness (QED) is 0.286. The highest BCUT2D eigenvalue weighted by Gasteiger charge is 2.55. The number of halogens is 2. The Balaban J connectivity index is 2.26. The van der Waals surface area contributed by atoms with Gasteiger partial charge in [-0.2, -0.15) is 0 Å². The summed E-state index contributed by atoms with van der Waals surface area (Å²) in [6.07, 6.45) is 20.9. The second-order valence-electron chi connectivity index (χ2n) is 8.54. The van der Waals surface area contributed by atoms with Crippen LogP contribution in [0.15, 0.2) is 48.6 Å². The second kappa shape index (κ2) is 11.7. The van der Waals surface area contributed by atoms with E-state index in [1.165, 1.54) is 12.2 Å². The molecule has 3 nitrogen and oxygen atoms in total. The van der Waals surface area contributed by atoms with E-state index >= 15 is 0 Å². The van der Waals surface area contributed by atoms with Crippen LogP contribution in [0.1, 0.15) is 65.2 Å². The van der Waals surface area contributed by atoms with Crippen molar-refractivity contribution in [1.29, 1.82) is 0 Å². The van der Waals surface area contributed by atoms with Crippen molar-refractivity contribution in [3.8, 4) is 0 Å². The summed E-state index contributed by atoms with van der Waals surface area (Å²) in [6.45, 7) is 4.24. The fourth-order valence-electron chi connectivity index (χ4n) is 4.39. The first-order valence-corrected chi connectivity index (χ1v) is 12.2. The van der Waals surface area contributed by atoms with Gasteiger partial charge in [0.25, 0.3) is 0 Å². The van der Waals surface area contributed by atoms with E-state index in [4.69, 9.17) is 23.2 Å². The van der Waals surface area contributed by atoms with Crippen molar-refractivity contribution >= 4 is 29.0 Å². The minimum absolute atomic E-state index is 0.409. The predicted octanol–water partition coefficient (Wildman–Crippen LogP) is 5.88. The average Bonchev–Trinajstić information content (AvgIpc) is 2.74. The maximum atomic E-state index is 13.7. The highest BCUT2D eigenvalue weighted by molar-refractivity contribution is 6.22. The Morgan fingerprint density at radius 3 is 1.57 bits per heavy atom. The molecule has 6 unspecified atom stereocenters. The molecule has 0 fully saturated rings. The molecule has 0 saturated heterocycles. The molecule has 30 heavy (non-hydrogen) atoms. The summed E-state index contributed by atoms with van der Waals surface area (Å²) in [6, 6.07) is 0. The zero-order chi connectivity index (χ0) is 22.2. The van der Waals surface area contributed by atoms with Gasteiger partial charge in [-0.1, -0.05) is 88.8 Å². The van der Waals surface area contributed by atoms with Crippen LogP contribution in [-0.2, 0) is 4.79 Å². The number of alkyl halides is 2. The Morgan fingerprint density at radius 2 is 1.20 bits per heavy atom. The topological polar surface area (TPSA) is 57.5 Å². The van der Waals surface area contributed by atoms with E-state index in [9.17, 15) is 15.0 Å².